The molecule has 0 unspecified atom stereocenters. The van der Waals surface area contributed by atoms with Gasteiger partial charge in [0.2, 0.25) is 0 Å². The van der Waals surface area contributed by atoms with Gasteiger partial charge in [0, 0.05) is 10.8 Å². The predicted octanol–water partition coefficient (Wildman–Crippen LogP) is 4.37. The first-order valence-electron chi connectivity index (χ1n) is 7.22. The van der Waals surface area contributed by atoms with Crippen molar-refractivity contribution in [2.45, 2.75) is 0 Å². The second-order valence-corrected chi connectivity index (χ2v) is 5.26. The first-order valence-corrected chi connectivity index (χ1v) is 7.22. The highest BCUT2D eigenvalue weighted by Gasteiger charge is 2.14. The van der Waals surface area contributed by atoms with Crippen LogP contribution < -0.4 is 10.5 Å². The Morgan fingerprint density at radius 1 is 0.773 bits per heavy atom. The van der Waals surface area contributed by atoms with E-state index in [9.17, 15) is 0 Å². The van der Waals surface area contributed by atoms with E-state index in [-0.39, 0.29) is 0 Å². The molecule has 0 aliphatic carbocycles. The van der Waals surface area contributed by atoms with Gasteiger partial charge in [-0.25, -0.2) is 0 Å². The topological polar surface area (TPSA) is 40.2 Å². The Kier molecular flexibility index (Phi) is 2.79. The van der Waals surface area contributed by atoms with Crippen LogP contribution in [0, 0.1) is 0 Å². The van der Waals surface area contributed by atoms with E-state index < -0.39 is 0 Å². The zero-order valence-corrected chi connectivity index (χ0v) is 12.3. The van der Waals surface area contributed by atoms with Crippen LogP contribution in [-0.4, -0.2) is 11.7 Å². The molecule has 2 N–H and O–H groups in total. The third-order valence-electron chi connectivity index (χ3n) is 4.08. The van der Waals surface area contributed by atoms with Crippen LogP contribution in [0.5, 0.6) is 5.75 Å². The Morgan fingerprint density at radius 2 is 1.36 bits per heavy atom. The fourth-order valence-electron chi connectivity index (χ4n) is 3.09. The SMILES string of the molecule is COc1cccc(-n2c3ccccc3c3ccccc32)c1N. The van der Waals surface area contributed by atoms with Crippen LogP contribution in [0.25, 0.3) is 27.5 Å². The number of hydrogen-bond acceptors (Lipinski definition) is 2. The number of para-hydroxylation sites is 3. The van der Waals surface area contributed by atoms with Crippen molar-refractivity contribution in [2.75, 3.05) is 12.8 Å². The molecule has 0 fully saturated rings. The lowest BCUT2D eigenvalue weighted by molar-refractivity contribution is 0.417. The van der Waals surface area contributed by atoms with E-state index in [2.05, 4.69) is 41.0 Å². The minimum absolute atomic E-state index is 0.650. The fourth-order valence-corrected chi connectivity index (χ4v) is 3.09. The van der Waals surface area contributed by atoms with Gasteiger partial charge in [-0.3, -0.25) is 0 Å². The molecule has 0 radical (unpaired) electrons. The summed E-state index contributed by atoms with van der Waals surface area (Å²) in [4.78, 5) is 0. The number of ether oxygens (including phenoxy) is 1. The highest BCUT2D eigenvalue weighted by molar-refractivity contribution is 6.09. The highest BCUT2D eigenvalue weighted by atomic mass is 16.5. The molecule has 0 amide bonds. The Morgan fingerprint density at radius 3 is 1.95 bits per heavy atom. The molecule has 108 valence electrons. The summed E-state index contributed by atoms with van der Waals surface area (Å²) in [6.07, 6.45) is 0. The Bertz CT molecular complexity index is 932. The van der Waals surface area contributed by atoms with Crippen LogP contribution in [-0.2, 0) is 0 Å². The molecule has 1 heterocycles. The predicted molar refractivity (Wildman–Crippen MR) is 91.7 cm³/mol. The van der Waals surface area contributed by atoms with Crippen molar-refractivity contribution < 1.29 is 4.74 Å². The second-order valence-electron chi connectivity index (χ2n) is 5.26. The number of anilines is 1. The second kappa shape index (κ2) is 4.81. The highest BCUT2D eigenvalue weighted by Crippen LogP contribution is 2.36. The van der Waals surface area contributed by atoms with Gasteiger partial charge in [-0.05, 0) is 24.3 Å². The van der Waals surface area contributed by atoms with Crippen molar-refractivity contribution in [1.29, 1.82) is 0 Å². The van der Waals surface area contributed by atoms with Crippen molar-refractivity contribution in [1.82, 2.24) is 4.57 Å². The van der Waals surface area contributed by atoms with Gasteiger partial charge in [-0.15, -0.1) is 0 Å². The maximum absolute atomic E-state index is 6.32. The van der Waals surface area contributed by atoms with E-state index in [0.29, 0.717) is 11.4 Å². The molecule has 22 heavy (non-hydrogen) atoms. The van der Waals surface area contributed by atoms with E-state index in [1.54, 1.807) is 7.11 Å². The maximum Gasteiger partial charge on any atom is 0.143 e. The van der Waals surface area contributed by atoms with Crippen LogP contribution in [0.4, 0.5) is 5.69 Å². The third-order valence-corrected chi connectivity index (χ3v) is 4.08. The average molecular weight is 288 g/mol. The van der Waals surface area contributed by atoms with Gasteiger partial charge in [0.25, 0.3) is 0 Å². The Hall–Kier alpha value is -2.94. The molecule has 0 aliphatic heterocycles. The van der Waals surface area contributed by atoms with Crippen LogP contribution >= 0.6 is 0 Å². The van der Waals surface area contributed by atoms with Gasteiger partial charge in [0.1, 0.15) is 5.75 Å². The molecule has 4 rings (SSSR count). The summed E-state index contributed by atoms with van der Waals surface area (Å²) >= 11 is 0. The van der Waals surface area contributed by atoms with Gasteiger partial charge in [-0.2, -0.15) is 0 Å². The van der Waals surface area contributed by atoms with E-state index >= 15 is 0 Å². The number of rotatable bonds is 2. The smallest absolute Gasteiger partial charge is 0.143 e. The molecule has 0 saturated heterocycles. The molecule has 3 nitrogen and oxygen atoms in total. The minimum atomic E-state index is 0.650. The van der Waals surface area contributed by atoms with Gasteiger partial charge < -0.3 is 15.0 Å². The molecule has 3 heteroatoms. The first kappa shape index (κ1) is 12.8. The van der Waals surface area contributed by atoms with Crippen molar-refractivity contribution in [3.8, 4) is 11.4 Å². The van der Waals surface area contributed by atoms with Crippen molar-refractivity contribution in [3.63, 3.8) is 0 Å². The molecule has 0 spiro atoms. The van der Waals surface area contributed by atoms with E-state index in [1.807, 2.05) is 30.3 Å². The molecule has 0 saturated carbocycles. The van der Waals surface area contributed by atoms with E-state index in [0.717, 1.165) is 16.7 Å². The Balaban J connectivity index is 2.18. The van der Waals surface area contributed by atoms with Gasteiger partial charge in [0.15, 0.2) is 0 Å². The minimum Gasteiger partial charge on any atom is -0.495 e. The van der Waals surface area contributed by atoms with Crippen molar-refractivity contribution in [3.05, 3.63) is 66.7 Å². The van der Waals surface area contributed by atoms with Crippen molar-refractivity contribution in [2.24, 2.45) is 0 Å². The molecule has 4 aromatic rings. The largest absolute Gasteiger partial charge is 0.495 e. The normalized spacial score (nSPS) is 11.1. The van der Waals surface area contributed by atoms with Crippen LogP contribution in [0.3, 0.4) is 0 Å². The summed E-state index contributed by atoms with van der Waals surface area (Å²) in [6.45, 7) is 0. The lowest BCUT2D eigenvalue weighted by Gasteiger charge is -2.13. The third kappa shape index (κ3) is 1.69. The Labute approximate surface area is 128 Å². The number of aromatic nitrogens is 1. The van der Waals surface area contributed by atoms with E-state index in [4.69, 9.17) is 10.5 Å². The lowest BCUT2D eigenvalue weighted by atomic mass is 10.2. The summed E-state index contributed by atoms with van der Waals surface area (Å²) in [5.74, 6) is 0.694. The molecule has 1 aromatic heterocycles. The zero-order valence-electron chi connectivity index (χ0n) is 12.3. The van der Waals surface area contributed by atoms with Crippen LogP contribution in [0.15, 0.2) is 66.7 Å². The molecular weight excluding hydrogens is 272 g/mol. The number of nitrogens with two attached hydrogens (primary N) is 1. The number of fused-ring (bicyclic) bond motifs is 3. The molecule has 0 bridgehead atoms. The molecule has 0 atom stereocenters. The number of hydrogen-bond donors (Lipinski definition) is 1. The standard InChI is InChI=1S/C19H16N2O/c1-22-18-12-6-11-17(19(18)20)21-15-9-4-2-7-13(15)14-8-3-5-10-16(14)21/h2-12H,20H2,1H3. The first-order chi connectivity index (χ1) is 10.8. The number of nitrogen functional groups attached to an aromatic ring is 1. The average Bonchev–Trinajstić information content (AvgIpc) is 2.90. The fraction of sp³-hybridized carbons (Fsp3) is 0.0526. The van der Waals surface area contributed by atoms with Crippen molar-refractivity contribution >= 4 is 27.5 Å². The molecule has 0 aliphatic rings. The number of nitrogens with zero attached hydrogens (tertiary/aromatic N) is 1. The number of methoxy groups -OCH3 is 1. The van der Waals surface area contributed by atoms with Gasteiger partial charge >= 0.3 is 0 Å². The molecule has 3 aromatic carbocycles. The summed E-state index contributed by atoms with van der Waals surface area (Å²) in [7, 11) is 1.64. The summed E-state index contributed by atoms with van der Waals surface area (Å²) in [5, 5.41) is 2.45. The lowest BCUT2D eigenvalue weighted by Crippen LogP contribution is -2.01. The zero-order chi connectivity index (χ0) is 15.1. The van der Waals surface area contributed by atoms with Gasteiger partial charge in [0.05, 0.1) is 29.5 Å². The quantitative estimate of drug-likeness (QED) is 0.556. The van der Waals surface area contributed by atoms with Crippen LogP contribution in [0.2, 0.25) is 0 Å². The van der Waals surface area contributed by atoms with Gasteiger partial charge in [-0.1, -0.05) is 42.5 Å². The molecular formula is C19H16N2O. The van der Waals surface area contributed by atoms with Crippen LogP contribution in [0.1, 0.15) is 0 Å². The maximum atomic E-state index is 6.32. The summed E-state index contributed by atoms with van der Waals surface area (Å²) < 4.78 is 7.57. The number of benzene rings is 3. The summed E-state index contributed by atoms with van der Waals surface area (Å²) in [6, 6.07) is 22.6. The monoisotopic (exact) mass is 288 g/mol. The summed E-state index contributed by atoms with van der Waals surface area (Å²) in [5.41, 5.74) is 10.2. The van der Waals surface area contributed by atoms with E-state index in [1.165, 1.54) is 10.8 Å².